The molecule has 0 aromatic rings. The fourth-order valence-electron chi connectivity index (χ4n) is 1.51. The van der Waals surface area contributed by atoms with Crippen molar-refractivity contribution in [2.75, 3.05) is 14.2 Å². The predicted molar refractivity (Wildman–Crippen MR) is 60.4 cm³/mol. The molecule has 0 heterocycles. The molecule has 0 amide bonds. The summed E-state index contributed by atoms with van der Waals surface area (Å²) < 4.78 is 10.6. The van der Waals surface area contributed by atoms with Gasteiger partial charge < -0.3 is 9.47 Å². The molecule has 0 N–H and O–H groups in total. The third-order valence-electron chi connectivity index (χ3n) is 2.85. The number of hydrogen-bond acceptors (Lipinski definition) is 2. The Bertz CT molecular complexity index is 119. The van der Waals surface area contributed by atoms with Crippen LogP contribution in [0.4, 0.5) is 0 Å². The zero-order valence-corrected chi connectivity index (χ0v) is 10.3. The number of methoxy groups -OCH3 is 2. The van der Waals surface area contributed by atoms with Gasteiger partial charge in [0.2, 0.25) is 0 Å². The Hall–Kier alpha value is -0.0800. The maximum atomic E-state index is 5.29. The van der Waals surface area contributed by atoms with Crippen molar-refractivity contribution < 1.29 is 9.47 Å². The van der Waals surface area contributed by atoms with Gasteiger partial charge in [-0.15, -0.1) is 0 Å². The molecule has 0 aromatic carbocycles. The third-order valence-corrected chi connectivity index (χ3v) is 2.85. The minimum absolute atomic E-state index is 0.370. The Balaban J connectivity index is 3.34. The van der Waals surface area contributed by atoms with Crippen LogP contribution >= 0.6 is 0 Å². The van der Waals surface area contributed by atoms with Crippen LogP contribution in [0.1, 0.15) is 58.8 Å². The van der Waals surface area contributed by atoms with Crippen LogP contribution in [0, 0.1) is 0 Å². The van der Waals surface area contributed by atoms with E-state index in [-0.39, 0.29) is 5.79 Å². The van der Waals surface area contributed by atoms with Gasteiger partial charge in [0.1, 0.15) is 0 Å². The van der Waals surface area contributed by atoms with Crippen molar-refractivity contribution in [3.05, 3.63) is 0 Å². The van der Waals surface area contributed by atoms with Crippen molar-refractivity contribution >= 4 is 0 Å². The van der Waals surface area contributed by atoms with Crippen molar-refractivity contribution in [3.63, 3.8) is 0 Å². The summed E-state index contributed by atoms with van der Waals surface area (Å²) >= 11 is 0. The van der Waals surface area contributed by atoms with Crippen molar-refractivity contribution in [1.29, 1.82) is 0 Å². The highest BCUT2D eigenvalue weighted by Crippen LogP contribution is 2.19. The lowest BCUT2D eigenvalue weighted by Gasteiger charge is -2.26. The van der Waals surface area contributed by atoms with Crippen LogP contribution in [0.25, 0.3) is 0 Å². The van der Waals surface area contributed by atoms with Crippen molar-refractivity contribution in [1.82, 2.24) is 0 Å². The highest BCUT2D eigenvalue weighted by Gasteiger charge is 2.21. The highest BCUT2D eigenvalue weighted by atomic mass is 16.7. The van der Waals surface area contributed by atoms with Crippen LogP contribution in [0.5, 0.6) is 0 Å². The van der Waals surface area contributed by atoms with Crippen LogP contribution < -0.4 is 0 Å². The Morgan fingerprint density at radius 1 is 0.857 bits per heavy atom. The first kappa shape index (κ1) is 13.9. The summed E-state index contributed by atoms with van der Waals surface area (Å²) in [5, 5.41) is 0. The third kappa shape index (κ3) is 6.39. The summed E-state index contributed by atoms with van der Waals surface area (Å²) in [5.74, 6) is -0.370. The van der Waals surface area contributed by atoms with E-state index in [1.54, 1.807) is 14.2 Å². The molecule has 86 valence electrons. The maximum absolute atomic E-state index is 5.29. The quantitative estimate of drug-likeness (QED) is 0.419. The van der Waals surface area contributed by atoms with E-state index in [2.05, 4.69) is 6.92 Å². The summed E-state index contributed by atoms with van der Waals surface area (Å²) in [6.45, 7) is 4.24. The highest BCUT2D eigenvalue weighted by molar-refractivity contribution is 4.61. The lowest BCUT2D eigenvalue weighted by atomic mass is 10.1. The Kier molecular flexibility index (Phi) is 8.20. The monoisotopic (exact) mass is 202 g/mol. The van der Waals surface area contributed by atoms with E-state index < -0.39 is 0 Å². The Morgan fingerprint density at radius 2 is 1.36 bits per heavy atom. The van der Waals surface area contributed by atoms with Gasteiger partial charge >= 0.3 is 0 Å². The van der Waals surface area contributed by atoms with Gasteiger partial charge in [-0.25, -0.2) is 0 Å². The largest absolute Gasteiger partial charge is 0.353 e. The van der Waals surface area contributed by atoms with E-state index >= 15 is 0 Å². The topological polar surface area (TPSA) is 18.5 Å². The molecule has 0 spiro atoms. The zero-order valence-electron chi connectivity index (χ0n) is 10.3. The molecular formula is C12H26O2. The van der Waals surface area contributed by atoms with E-state index in [1.807, 2.05) is 6.92 Å². The van der Waals surface area contributed by atoms with Crippen LogP contribution in [0.15, 0.2) is 0 Å². The smallest absolute Gasteiger partial charge is 0.164 e. The maximum Gasteiger partial charge on any atom is 0.164 e. The molecule has 2 nitrogen and oxygen atoms in total. The second-order valence-corrected chi connectivity index (χ2v) is 4.06. The minimum Gasteiger partial charge on any atom is -0.353 e. The zero-order chi connectivity index (χ0) is 10.9. The molecule has 14 heavy (non-hydrogen) atoms. The molecule has 0 rings (SSSR count). The fraction of sp³-hybridized carbons (Fsp3) is 1.00. The predicted octanol–water partition coefficient (Wildman–Crippen LogP) is 3.75. The van der Waals surface area contributed by atoms with Gasteiger partial charge in [0.15, 0.2) is 5.79 Å². The number of hydrogen-bond donors (Lipinski definition) is 0. The van der Waals surface area contributed by atoms with Crippen LogP contribution in [0.2, 0.25) is 0 Å². The molecule has 0 atom stereocenters. The van der Waals surface area contributed by atoms with E-state index in [1.165, 1.54) is 38.5 Å². The van der Waals surface area contributed by atoms with Gasteiger partial charge in [0.05, 0.1) is 0 Å². The molecule has 0 aliphatic rings. The van der Waals surface area contributed by atoms with E-state index in [0.717, 1.165) is 6.42 Å². The summed E-state index contributed by atoms with van der Waals surface area (Å²) in [6, 6.07) is 0. The molecule has 2 heteroatoms. The van der Waals surface area contributed by atoms with E-state index in [0.29, 0.717) is 0 Å². The number of rotatable bonds is 9. The van der Waals surface area contributed by atoms with Gasteiger partial charge in [-0.05, 0) is 13.3 Å². The second kappa shape index (κ2) is 8.25. The molecule has 0 aliphatic carbocycles. The molecular weight excluding hydrogens is 176 g/mol. The summed E-state index contributed by atoms with van der Waals surface area (Å²) in [5.41, 5.74) is 0. The second-order valence-electron chi connectivity index (χ2n) is 4.06. The minimum atomic E-state index is -0.370. The van der Waals surface area contributed by atoms with Crippen LogP contribution in [-0.4, -0.2) is 20.0 Å². The average Bonchev–Trinajstić information content (AvgIpc) is 2.23. The molecule has 0 aliphatic heterocycles. The van der Waals surface area contributed by atoms with Gasteiger partial charge in [-0.3, -0.25) is 0 Å². The first-order valence-corrected chi connectivity index (χ1v) is 5.79. The van der Waals surface area contributed by atoms with Crippen molar-refractivity contribution in [2.24, 2.45) is 0 Å². The summed E-state index contributed by atoms with van der Waals surface area (Å²) in [7, 11) is 3.42. The SMILES string of the molecule is CCCCCCCCC(C)(OC)OC. The van der Waals surface area contributed by atoms with Crippen LogP contribution in [-0.2, 0) is 9.47 Å². The normalized spacial score (nSPS) is 12.0. The lowest BCUT2D eigenvalue weighted by molar-refractivity contribution is -0.197. The summed E-state index contributed by atoms with van der Waals surface area (Å²) in [4.78, 5) is 0. The van der Waals surface area contributed by atoms with Gasteiger partial charge in [0, 0.05) is 20.6 Å². The van der Waals surface area contributed by atoms with E-state index in [9.17, 15) is 0 Å². The van der Waals surface area contributed by atoms with Gasteiger partial charge in [0.25, 0.3) is 0 Å². The molecule has 0 radical (unpaired) electrons. The number of unbranched alkanes of at least 4 members (excludes halogenated alkanes) is 5. The van der Waals surface area contributed by atoms with Crippen molar-refractivity contribution in [2.45, 2.75) is 64.6 Å². The standard InChI is InChI=1S/C12H26O2/c1-5-6-7-8-9-10-11-12(2,13-3)14-4/h5-11H2,1-4H3. The summed E-state index contributed by atoms with van der Waals surface area (Å²) in [6.07, 6.45) is 8.88. The van der Waals surface area contributed by atoms with Gasteiger partial charge in [-0.1, -0.05) is 39.0 Å². The first-order chi connectivity index (χ1) is 6.68. The van der Waals surface area contributed by atoms with Crippen molar-refractivity contribution in [3.8, 4) is 0 Å². The molecule has 0 bridgehead atoms. The first-order valence-electron chi connectivity index (χ1n) is 5.79. The fourth-order valence-corrected chi connectivity index (χ4v) is 1.51. The molecule has 0 aromatic heterocycles. The van der Waals surface area contributed by atoms with Crippen LogP contribution in [0.3, 0.4) is 0 Å². The van der Waals surface area contributed by atoms with E-state index in [4.69, 9.17) is 9.47 Å². The molecule has 0 saturated carbocycles. The molecule has 0 unspecified atom stereocenters. The molecule has 0 fully saturated rings. The average molecular weight is 202 g/mol. The Labute approximate surface area is 89.0 Å². The number of ether oxygens (including phenoxy) is 2. The lowest BCUT2D eigenvalue weighted by Crippen LogP contribution is -2.29. The molecule has 0 saturated heterocycles. The Morgan fingerprint density at radius 3 is 1.86 bits per heavy atom. The van der Waals surface area contributed by atoms with Gasteiger partial charge in [-0.2, -0.15) is 0 Å².